The Balaban J connectivity index is 5.13. The van der Waals surface area contributed by atoms with E-state index in [2.05, 4.69) is 50.4 Å². The maximum atomic E-state index is 13.6. The van der Waals surface area contributed by atoms with Crippen LogP contribution in [0.5, 0.6) is 0 Å². The van der Waals surface area contributed by atoms with Gasteiger partial charge >= 0.3 is 5.97 Å². The first-order valence-electron chi connectivity index (χ1n) is 33.3. The van der Waals surface area contributed by atoms with Gasteiger partial charge in [-0.3, -0.25) is 14.2 Å². The molecule has 0 aliphatic heterocycles. The van der Waals surface area contributed by atoms with Crippen molar-refractivity contribution in [1.82, 2.24) is 5.32 Å². The van der Waals surface area contributed by atoms with Gasteiger partial charge in [0.05, 0.1) is 33.8 Å². The minimum atomic E-state index is -4.70. The van der Waals surface area contributed by atoms with Crippen LogP contribution in [0.25, 0.3) is 0 Å². The highest BCUT2D eigenvalue weighted by molar-refractivity contribution is 7.45. The molecule has 0 heterocycles. The van der Waals surface area contributed by atoms with Crippen molar-refractivity contribution in [3.05, 3.63) is 36.5 Å². The molecule has 0 aromatic heterocycles. The number of phosphoric ester groups is 1. The summed E-state index contributed by atoms with van der Waals surface area (Å²) < 4.78 is 30.4. The number of carbonyl (C=O) groups is 2. The third-order valence-electron chi connectivity index (χ3n) is 15.1. The predicted octanol–water partition coefficient (Wildman–Crippen LogP) is 20.0. The van der Waals surface area contributed by atoms with Crippen molar-refractivity contribution in [2.75, 3.05) is 40.9 Å². The number of hydrogen-bond acceptors (Lipinski definition) is 7. The Morgan fingerprint density at radius 2 is 0.779 bits per heavy atom. The average Bonchev–Trinajstić information content (AvgIpc) is 3.39. The molecule has 0 aromatic carbocycles. The zero-order valence-electron chi connectivity index (χ0n) is 51.9. The fourth-order valence-corrected chi connectivity index (χ4v) is 10.7. The van der Waals surface area contributed by atoms with Gasteiger partial charge in [-0.25, -0.2) is 0 Å². The lowest BCUT2D eigenvalue weighted by Gasteiger charge is -2.30. The van der Waals surface area contributed by atoms with Gasteiger partial charge in [0.15, 0.2) is 0 Å². The van der Waals surface area contributed by atoms with Crippen molar-refractivity contribution >= 4 is 19.7 Å². The Bertz CT molecular complexity index is 1410. The van der Waals surface area contributed by atoms with Crippen LogP contribution in [-0.2, 0) is 27.9 Å². The molecule has 77 heavy (non-hydrogen) atoms. The quantitative estimate of drug-likeness (QED) is 0.0161. The molecule has 0 saturated carbocycles. The summed E-state index contributed by atoms with van der Waals surface area (Å²) in [5, 5.41) is 3.04. The van der Waals surface area contributed by atoms with Crippen LogP contribution in [0.15, 0.2) is 36.5 Å². The van der Waals surface area contributed by atoms with Gasteiger partial charge in [-0.15, -0.1) is 0 Å². The number of phosphoric acid groups is 1. The predicted molar refractivity (Wildman–Crippen MR) is 330 cm³/mol. The largest absolute Gasteiger partial charge is 0.756 e. The van der Waals surface area contributed by atoms with Gasteiger partial charge in [-0.05, 0) is 57.4 Å². The van der Waals surface area contributed by atoms with E-state index < -0.39 is 20.0 Å². The van der Waals surface area contributed by atoms with E-state index in [1.165, 1.54) is 218 Å². The third kappa shape index (κ3) is 58.7. The molecule has 3 atom stereocenters. The molecule has 1 N–H and O–H groups in total. The standard InChI is InChI=1S/C67H129N2O7P/c1-7-10-13-16-19-22-25-28-30-31-32-33-34-35-36-37-39-41-44-47-50-53-56-59-66(70)68-64(63-75-77(72,73)74-62-61-69(4,5)6)65(58-55-52-49-46-43-40-27-24-21-18-15-12-9-3)76-67(71)60-57-54-51-48-45-42-38-29-26-23-20-17-14-11-8-2/h20,23,26,29,55,58,64-65H,7-19,21-22,24-25,27-28,30-54,56-57,59-63H2,1-6H3,(H-,68,70,72,73)/b23-20+,29-26+,58-55-. The van der Waals surface area contributed by atoms with E-state index in [1.807, 2.05) is 33.3 Å². The Morgan fingerprint density at radius 1 is 0.455 bits per heavy atom. The summed E-state index contributed by atoms with van der Waals surface area (Å²) in [5.74, 6) is -0.538. The molecule has 0 aliphatic carbocycles. The molecule has 3 unspecified atom stereocenters. The summed E-state index contributed by atoms with van der Waals surface area (Å²) in [4.78, 5) is 40.1. The van der Waals surface area contributed by atoms with E-state index in [1.54, 1.807) is 0 Å². The first-order valence-corrected chi connectivity index (χ1v) is 34.8. The number of carbonyl (C=O) groups excluding carboxylic acids is 2. The number of nitrogens with zero attached hydrogens (tertiary/aromatic N) is 1. The number of ether oxygens (including phenoxy) is 1. The molecule has 0 bridgehead atoms. The fraction of sp³-hybridized carbons (Fsp3) is 0.881. The molecule has 1 amide bonds. The Kier molecular flexibility index (Phi) is 56.1. The SMILES string of the molecule is CCCCC/C=C/C=C/CCCCCCCCC(=O)OC(/C=C\CCCCCCCCCCCCC)C(COP(=O)([O-])OCC[N+](C)(C)C)NC(=O)CCCCCCCCCCCCCCCCCCCCCCCCC. The maximum absolute atomic E-state index is 13.6. The number of allylic oxidation sites excluding steroid dienone is 5. The Labute approximate surface area is 478 Å². The number of amides is 1. The topological polar surface area (TPSA) is 114 Å². The number of quaternary nitrogens is 1. The first kappa shape index (κ1) is 75.2. The van der Waals surface area contributed by atoms with Gasteiger partial charge in [0.2, 0.25) is 5.91 Å². The third-order valence-corrected chi connectivity index (χ3v) is 16.1. The zero-order chi connectivity index (χ0) is 56.4. The lowest BCUT2D eigenvalue weighted by atomic mass is 10.0. The smallest absolute Gasteiger partial charge is 0.306 e. The van der Waals surface area contributed by atoms with Crippen molar-refractivity contribution in [1.29, 1.82) is 0 Å². The molecule has 0 radical (unpaired) electrons. The van der Waals surface area contributed by atoms with Crippen molar-refractivity contribution in [3.8, 4) is 0 Å². The number of nitrogens with one attached hydrogen (secondary N) is 1. The maximum Gasteiger partial charge on any atom is 0.306 e. The summed E-state index contributed by atoms with van der Waals surface area (Å²) in [5.41, 5.74) is 0. The Hall–Kier alpha value is -1.77. The van der Waals surface area contributed by atoms with Crippen LogP contribution in [0.2, 0.25) is 0 Å². The van der Waals surface area contributed by atoms with Gasteiger partial charge in [0, 0.05) is 12.8 Å². The summed E-state index contributed by atoms with van der Waals surface area (Å²) in [6, 6.07) is -0.889. The number of esters is 1. The second-order valence-electron chi connectivity index (χ2n) is 24.0. The normalized spacial score (nSPS) is 13.8. The molecule has 0 saturated heterocycles. The second-order valence-corrected chi connectivity index (χ2v) is 25.4. The number of hydrogen-bond donors (Lipinski definition) is 1. The average molecular weight is 1110 g/mol. The molecule has 454 valence electrons. The lowest BCUT2D eigenvalue weighted by molar-refractivity contribution is -0.870. The van der Waals surface area contributed by atoms with E-state index in [-0.39, 0.29) is 31.5 Å². The zero-order valence-corrected chi connectivity index (χ0v) is 52.8. The minimum absolute atomic E-state index is 0.0218. The molecule has 10 heteroatoms. The lowest BCUT2D eigenvalue weighted by Crippen LogP contribution is -2.47. The number of rotatable bonds is 61. The van der Waals surface area contributed by atoms with Crippen LogP contribution in [0.4, 0.5) is 0 Å². The summed E-state index contributed by atoms with van der Waals surface area (Å²) in [7, 11) is 1.19. The van der Waals surface area contributed by atoms with E-state index >= 15 is 0 Å². The van der Waals surface area contributed by atoms with E-state index in [4.69, 9.17) is 13.8 Å². The second kappa shape index (κ2) is 57.5. The Morgan fingerprint density at radius 3 is 1.17 bits per heavy atom. The monoisotopic (exact) mass is 1100 g/mol. The van der Waals surface area contributed by atoms with Gasteiger partial charge < -0.3 is 28.5 Å². The van der Waals surface area contributed by atoms with Gasteiger partial charge in [-0.1, -0.05) is 295 Å². The van der Waals surface area contributed by atoms with Gasteiger partial charge in [0.1, 0.15) is 19.3 Å². The van der Waals surface area contributed by atoms with E-state index in [0.717, 1.165) is 77.0 Å². The van der Waals surface area contributed by atoms with Crippen LogP contribution < -0.4 is 10.2 Å². The van der Waals surface area contributed by atoms with Crippen molar-refractivity contribution in [3.63, 3.8) is 0 Å². The van der Waals surface area contributed by atoms with Crippen LogP contribution in [0, 0.1) is 0 Å². The highest BCUT2D eigenvalue weighted by atomic mass is 31.2. The highest BCUT2D eigenvalue weighted by Gasteiger charge is 2.27. The molecule has 9 nitrogen and oxygen atoms in total. The van der Waals surface area contributed by atoms with E-state index in [9.17, 15) is 19.0 Å². The van der Waals surface area contributed by atoms with Crippen LogP contribution in [-0.4, -0.2) is 69.4 Å². The van der Waals surface area contributed by atoms with Crippen molar-refractivity contribution in [2.24, 2.45) is 0 Å². The molecule has 0 fully saturated rings. The molecular weight excluding hydrogens is 976 g/mol. The van der Waals surface area contributed by atoms with Crippen LogP contribution in [0.3, 0.4) is 0 Å². The summed E-state index contributed by atoms with van der Waals surface area (Å²) in [6.07, 6.45) is 69.7. The molecular formula is C67H129N2O7P. The number of unbranched alkanes of at least 4 members (excludes halogenated alkanes) is 42. The number of likely N-dealkylation sites (N-methyl/N-ethyl adjacent to an activating group) is 1. The van der Waals surface area contributed by atoms with Gasteiger partial charge in [-0.2, -0.15) is 0 Å². The highest BCUT2D eigenvalue weighted by Crippen LogP contribution is 2.38. The van der Waals surface area contributed by atoms with E-state index in [0.29, 0.717) is 17.4 Å². The van der Waals surface area contributed by atoms with Crippen molar-refractivity contribution in [2.45, 2.75) is 341 Å². The summed E-state index contributed by atoms with van der Waals surface area (Å²) >= 11 is 0. The minimum Gasteiger partial charge on any atom is -0.756 e. The molecule has 0 rings (SSSR count). The molecule has 0 aliphatic rings. The van der Waals surface area contributed by atoms with Crippen molar-refractivity contribution < 1.29 is 37.3 Å². The summed E-state index contributed by atoms with van der Waals surface area (Å²) in [6.45, 7) is 6.85. The first-order chi connectivity index (χ1) is 37.4. The van der Waals surface area contributed by atoms with Crippen LogP contribution in [0.1, 0.15) is 329 Å². The van der Waals surface area contributed by atoms with Gasteiger partial charge in [0.25, 0.3) is 7.82 Å². The fourth-order valence-electron chi connectivity index (χ4n) is 9.93. The molecule has 0 spiro atoms. The molecule has 0 aromatic rings. The van der Waals surface area contributed by atoms with Crippen LogP contribution >= 0.6 is 7.82 Å².